The van der Waals surface area contributed by atoms with Crippen molar-refractivity contribution in [2.24, 2.45) is 5.73 Å². The molecule has 0 aliphatic heterocycles. The number of rotatable bonds is 4. The van der Waals surface area contributed by atoms with E-state index in [4.69, 9.17) is 5.73 Å². The second-order valence-electron chi connectivity index (χ2n) is 3.60. The Bertz CT molecular complexity index is 343. The van der Waals surface area contributed by atoms with Gasteiger partial charge in [-0.3, -0.25) is 14.4 Å². The van der Waals surface area contributed by atoms with Gasteiger partial charge in [-0.1, -0.05) is 12.2 Å². The molecule has 0 rings (SSSR count). The molecule has 17 heavy (non-hydrogen) atoms. The van der Waals surface area contributed by atoms with Crippen LogP contribution >= 0.6 is 12.2 Å². The van der Waals surface area contributed by atoms with Gasteiger partial charge in [0.1, 0.15) is 0 Å². The van der Waals surface area contributed by atoms with Gasteiger partial charge in [0.25, 0.3) is 0 Å². The van der Waals surface area contributed by atoms with Crippen LogP contribution in [0.1, 0.15) is 0 Å². The monoisotopic (exact) mass is 260 g/mol. The number of likely N-dealkylation sites (N-methyl/N-ethyl adjacent to an activating group) is 2. The topological polar surface area (TPSA) is 95.7 Å². The third-order valence-electron chi connectivity index (χ3n) is 1.84. The Morgan fingerprint density at radius 3 is 2.18 bits per heavy atom. The summed E-state index contributed by atoms with van der Waals surface area (Å²) in [6.45, 7) is -0.207. The van der Waals surface area contributed by atoms with E-state index in [1.807, 2.05) is 0 Å². The maximum atomic E-state index is 11.5. The molecule has 0 spiro atoms. The smallest absolute Gasteiger partial charge is 0.312 e. The molecule has 0 aromatic heterocycles. The maximum Gasteiger partial charge on any atom is 0.312 e. The number of hydrogen-bond donors (Lipinski definition) is 2. The predicted molar refractivity (Wildman–Crippen MR) is 66.1 cm³/mol. The van der Waals surface area contributed by atoms with Crippen LogP contribution in [0.15, 0.2) is 0 Å². The SMILES string of the molecule is CN(C)C(=O)CN(C)C(=O)C(=O)NCC(N)=S. The van der Waals surface area contributed by atoms with E-state index in [1.165, 1.54) is 11.9 Å². The summed E-state index contributed by atoms with van der Waals surface area (Å²) in [7, 11) is 4.49. The van der Waals surface area contributed by atoms with E-state index in [9.17, 15) is 14.4 Å². The number of nitrogens with two attached hydrogens (primary N) is 1. The highest BCUT2D eigenvalue weighted by molar-refractivity contribution is 7.80. The fourth-order valence-electron chi connectivity index (χ4n) is 0.832. The number of amides is 3. The van der Waals surface area contributed by atoms with Gasteiger partial charge in [0.05, 0.1) is 18.1 Å². The fraction of sp³-hybridized carbons (Fsp3) is 0.556. The molecule has 0 unspecified atom stereocenters. The summed E-state index contributed by atoms with van der Waals surface area (Å²) < 4.78 is 0. The Morgan fingerprint density at radius 2 is 1.76 bits per heavy atom. The van der Waals surface area contributed by atoms with Crippen molar-refractivity contribution < 1.29 is 14.4 Å². The van der Waals surface area contributed by atoms with Crippen LogP contribution in [0.2, 0.25) is 0 Å². The summed E-state index contributed by atoms with van der Waals surface area (Å²) in [6.07, 6.45) is 0. The highest BCUT2D eigenvalue weighted by atomic mass is 32.1. The molecule has 0 atom stereocenters. The lowest BCUT2D eigenvalue weighted by atomic mass is 10.4. The van der Waals surface area contributed by atoms with Crippen molar-refractivity contribution in [1.82, 2.24) is 15.1 Å². The zero-order valence-corrected chi connectivity index (χ0v) is 10.8. The van der Waals surface area contributed by atoms with E-state index < -0.39 is 11.8 Å². The van der Waals surface area contributed by atoms with Crippen LogP contribution in [0.25, 0.3) is 0 Å². The number of carbonyl (C=O) groups excluding carboxylic acids is 3. The standard InChI is InChI=1S/C9H16N4O3S/c1-12(2)7(14)5-13(3)9(16)8(15)11-4-6(10)17/h4-5H2,1-3H3,(H2,10,17)(H,11,15). The second-order valence-corrected chi connectivity index (χ2v) is 4.12. The molecule has 0 fully saturated rings. The third-order valence-corrected chi connectivity index (χ3v) is 1.98. The number of carbonyl (C=O) groups is 3. The molecule has 96 valence electrons. The average Bonchev–Trinajstić information content (AvgIpc) is 2.24. The first kappa shape index (κ1) is 15.3. The van der Waals surface area contributed by atoms with Crippen molar-refractivity contribution in [2.45, 2.75) is 0 Å². The van der Waals surface area contributed by atoms with Gasteiger partial charge in [0, 0.05) is 21.1 Å². The minimum absolute atomic E-state index is 0.0463. The third kappa shape index (κ3) is 5.81. The van der Waals surface area contributed by atoms with Gasteiger partial charge >= 0.3 is 11.8 Å². The quantitative estimate of drug-likeness (QED) is 0.447. The number of thiocarbonyl (C=S) groups is 1. The van der Waals surface area contributed by atoms with E-state index in [1.54, 1.807) is 14.1 Å². The van der Waals surface area contributed by atoms with Crippen LogP contribution in [-0.2, 0) is 14.4 Å². The van der Waals surface area contributed by atoms with Crippen LogP contribution in [-0.4, -0.2) is 66.7 Å². The second kappa shape index (κ2) is 6.79. The summed E-state index contributed by atoms with van der Waals surface area (Å²) in [5, 5.41) is 2.24. The summed E-state index contributed by atoms with van der Waals surface area (Å²) in [4.78, 5) is 36.5. The van der Waals surface area contributed by atoms with E-state index in [2.05, 4.69) is 17.5 Å². The van der Waals surface area contributed by atoms with Gasteiger partial charge in [0.15, 0.2) is 0 Å². The summed E-state index contributed by atoms with van der Waals surface area (Å²) in [5.74, 6) is -1.92. The molecule has 0 aliphatic carbocycles. The van der Waals surface area contributed by atoms with Crippen molar-refractivity contribution in [2.75, 3.05) is 34.2 Å². The molecule has 3 N–H and O–H groups in total. The minimum Gasteiger partial charge on any atom is -0.392 e. The van der Waals surface area contributed by atoms with E-state index in [-0.39, 0.29) is 24.0 Å². The van der Waals surface area contributed by atoms with Crippen LogP contribution in [0.3, 0.4) is 0 Å². The van der Waals surface area contributed by atoms with Crippen molar-refractivity contribution in [3.05, 3.63) is 0 Å². The first-order valence-electron chi connectivity index (χ1n) is 4.77. The number of hydrogen-bond acceptors (Lipinski definition) is 4. The summed E-state index contributed by atoms with van der Waals surface area (Å²) in [6, 6.07) is 0. The van der Waals surface area contributed by atoms with Crippen LogP contribution in [0, 0.1) is 0 Å². The lowest BCUT2D eigenvalue weighted by Crippen LogP contribution is -2.46. The Balaban J connectivity index is 4.25. The van der Waals surface area contributed by atoms with Crippen LogP contribution in [0.5, 0.6) is 0 Å². The average molecular weight is 260 g/mol. The van der Waals surface area contributed by atoms with Gasteiger partial charge in [0.2, 0.25) is 5.91 Å². The van der Waals surface area contributed by atoms with Crippen molar-refractivity contribution >= 4 is 34.9 Å². The largest absolute Gasteiger partial charge is 0.392 e. The molecule has 8 heteroatoms. The van der Waals surface area contributed by atoms with Gasteiger partial charge < -0.3 is 20.9 Å². The number of nitrogens with zero attached hydrogens (tertiary/aromatic N) is 2. The molecule has 0 aliphatic rings. The normalized spacial score (nSPS) is 9.35. The van der Waals surface area contributed by atoms with Gasteiger partial charge in [-0.25, -0.2) is 0 Å². The van der Waals surface area contributed by atoms with Gasteiger partial charge in [-0.05, 0) is 0 Å². The summed E-state index contributed by atoms with van der Waals surface area (Å²) in [5.41, 5.74) is 5.17. The van der Waals surface area contributed by atoms with Crippen LogP contribution < -0.4 is 11.1 Å². The molecule has 3 amide bonds. The number of nitrogens with one attached hydrogen (secondary N) is 1. The van der Waals surface area contributed by atoms with Crippen molar-refractivity contribution in [3.8, 4) is 0 Å². The zero-order valence-electron chi connectivity index (χ0n) is 10.0. The fourth-order valence-corrected chi connectivity index (χ4v) is 0.905. The van der Waals surface area contributed by atoms with Crippen LogP contribution in [0.4, 0.5) is 0 Å². The van der Waals surface area contributed by atoms with Crippen molar-refractivity contribution in [1.29, 1.82) is 0 Å². The van der Waals surface area contributed by atoms with Gasteiger partial charge in [-0.15, -0.1) is 0 Å². The predicted octanol–water partition coefficient (Wildman–Crippen LogP) is -2.06. The molecular weight excluding hydrogens is 244 g/mol. The first-order valence-corrected chi connectivity index (χ1v) is 5.18. The molecular formula is C9H16N4O3S. The maximum absolute atomic E-state index is 11.5. The van der Waals surface area contributed by atoms with Crippen molar-refractivity contribution in [3.63, 3.8) is 0 Å². The molecule has 0 radical (unpaired) electrons. The Hall–Kier alpha value is -1.70. The highest BCUT2D eigenvalue weighted by Gasteiger charge is 2.20. The first-order chi connectivity index (χ1) is 7.75. The summed E-state index contributed by atoms with van der Waals surface area (Å²) >= 11 is 4.55. The van der Waals surface area contributed by atoms with E-state index in [0.29, 0.717) is 0 Å². The molecule has 0 bridgehead atoms. The highest BCUT2D eigenvalue weighted by Crippen LogP contribution is 1.88. The Kier molecular flexibility index (Phi) is 6.11. The van der Waals surface area contributed by atoms with E-state index in [0.717, 1.165) is 4.90 Å². The van der Waals surface area contributed by atoms with Gasteiger partial charge in [-0.2, -0.15) is 0 Å². The minimum atomic E-state index is -0.841. The molecule has 7 nitrogen and oxygen atoms in total. The molecule has 0 heterocycles. The lowest BCUT2D eigenvalue weighted by Gasteiger charge is -2.18. The molecule has 0 saturated heterocycles. The molecule has 0 aromatic carbocycles. The zero-order chi connectivity index (χ0) is 13.6. The Labute approximate surface area is 105 Å². The molecule has 0 saturated carbocycles. The molecule has 0 aromatic rings. The lowest BCUT2D eigenvalue weighted by molar-refractivity contribution is -0.147. The van der Waals surface area contributed by atoms with E-state index >= 15 is 0 Å². The Morgan fingerprint density at radius 1 is 1.24 bits per heavy atom.